The van der Waals surface area contributed by atoms with Crippen LogP contribution in [0.3, 0.4) is 0 Å². The van der Waals surface area contributed by atoms with Gasteiger partial charge in [-0.2, -0.15) is 0 Å². The minimum atomic E-state index is -0.220. The number of pyridine rings is 4. The number of carbonyl (C=O) groups is 1. The molecule has 0 aliphatic carbocycles. The zero-order valence-corrected chi connectivity index (χ0v) is 20.1. The molecule has 1 aliphatic heterocycles. The maximum atomic E-state index is 13.0. The van der Waals surface area contributed by atoms with Gasteiger partial charge in [0, 0.05) is 80.9 Å². The Morgan fingerprint density at radius 1 is 0.886 bits per heavy atom. The van der Waals surface area contributed by atoms with E-state index < -0.39 is 0 Å². The Morgan fingerprint density at radius 2 is 1.69 bits per heavy atom. The molecule has 4 aromatic heterocycles. The van der Waals surface area contributed by atoms with Crippen LogP contribution < -0.4 is 15.1 Å². The van der Waals surface area contributed by atoms with Gasteiger partial charge in [-0.1, -0.05) is 0 Å². The molecule has 9 nitrogen and oxygen atoms in total. The maximum Gasteiger partial charge on any atom is 0.257 e. The molecule has 0 bridgehead atoms. The normalized spacial score (nSPS) is 14.2. The number of hydrogen-bond acceptors (Lipinski definition) is 8. The summed E-state index contributed by atoms with van der Waals surface area (Å²) in [6.45, 7) is 3.74. The molecule has 1 N–H and O–H groups in total. The van der Waals surface area contributed by atoms with E-state index in [0.29, 0.717) is 11.4 Å². The molecule has 0 atom stereocenters. The fourth-order valence-electron chi connectivity index (χ4n) is 4.04. The highest BCUT2D eigenvalue weighted by atomic mass is 16.1. The third-order valence-electron chi connectivity index (χ3n) is 6.18. The average Bonchev–Trinajstić information content (AvgIpc) is 2.89. The van der Waals surface area contributed by atoms with E-state index in [0.717, 1.165) is 59.8 Å². The number of hydrogen-bond donors (Lipinski definition) is 1. The van der Waals surface area contributed by atoms with Crippen LogP contribution in [0.2, 0.25) is 0 Å². The Balaban J connectivity index is 1.34. The summed E-state index contributed by atoms with van der Waals surface area (Å²) in [7, 11) is 6.03. The van der Waals surface area contributed by atoms with Gasteiger partial charge in [-0.05, 0) is 43.4 Å². The highest BCUT2D eigenvalue weighted by molar-refractivity contribution is 6.04. The van der Waals surface area contributed by atoms with Gasteiger partial charge in [0.15, 0.2) is 0 Å². The van der Waals surface area contributed by atoms with Gasteiger partial charge in [0.25, 0.3) is 5.91 Å². The van der Waals surface area contributed by atoms with Gasteiger partial charge in [-0.3, -0.25) is 9.78 Å². The number of fused-ring (bicyclic) bond motifs is 1. The number of amides is 1. The van der Waals surface area contributed by atoms with Crippen LogP contribution in [0.5, 0.6) is 0 Å². The molecule has 1 amide bonds. The minimum Gasteiger partial charge on any atom is -0.363 e. The summed E-state index contributed by atoms with van der Waals surface area (Å²) in [6.07, 6.45) is 7.00. The summed E-state index contributed by atoms with van der Waals surface area (Å²) in [4.78, 5) is 37.3. The quantitative estimate of drug-likeness (QED) is 0.478. The number of anilines is 3. The van der Waals surface area contributed by atoms with Gasteiger partial charge in [-0.25, -0.2) is 15.0 Å². The molecule has 1 fully saturated rings. The zero-order valence-electron chi connectivity index (χ0n) is 20.1. The summed E-state index contributed by atoms with van der Waals surface area (Å²) in [6, 6.07) is 11.4. The lowest BCUT2D eigenvalue weighted by Crippen LogP contribution is -2.44. The molecule has 0 aromatic carbocycles. The van der Waals surface area contributed by atoms with Crippen molar-refractivity contribution in [2.24, 2.45) is 0 Å². The first-order valence-corrected chi connectivity index (χ1v) is 11.6. The molecule has 178 valence electrons. The van der Waals surface area contributed by atoms with E-state index in [1.807, 2.05) is 61.7 Å². The zero-order chi connectivity index (χ0) is 24.4. The Hall–Kier alpha value is -4.11. The summed E-state index contributed by atoms with van der Waals surface area (Å²) in [5, 5.41) is 3.80. The van der Waals surface area contributed by atoms with Crippen molar-refractivity contribution >= 4 is 34.3 Å². The highest BCUT2D eigenvalue weighted by Gasteiger charge is 2.17. The van der Waals surface area contributed by atoms with Crippen molar-refractivity contribution in [3.63, 3.8) is 0 Å². The second-order valence-electron chi connectivity index (χ2n) is 8.93. The first kappa shape index (κ1) is 22.7. The third kappa shape index (κ3) is 5.04. The molecule has 5 heterocycles. The Kier molecular flexibility index (Phi) is 6.24. The van der Waals surface area contributed by atoms with Crippen molar-refractivity contribution in [3.8, 4) is 11.1 Å². The maximum absolute atomic E-state index is 13.0. The van der Waals surface area contributed by atoms with Crippen molar-refractivity contribution in [3.05, 3.63) is 66.7 Å². The van der Waals surface area contributed by atoms with E-state index in [1.165, 1.54) is 0 Å². The molecular formula is C26H28N8O. The van der Waals surface area contributed by atoms with Crippen LogP contribution in [0, 0.1) is 0 Å². The van der Waals surface area contributed by atoms with Gasteiger partial charge in [0.1, 0.15) is 17.5 Å². The van der Waals surface area contributed by atoms with Crippen molar-refractivity contribution in [2.75, 3.05) is 62.4 Å². The van der Waals surface area contributed by atoms with Crippen LogP contribution in [-0.2, 0) is 0 Å². The van der Waals surface area contributed by atoms with Gasteiger partial charge < -0.3 is 20.0 Å². The van der Waals surface area contributed by atoms with E-state index in [9.17, 15) is 4.79 Å². The Morgan fingerprint density at radius 3 is 2.43 bits per heavy atom. The lowest BCUT2D eigenvalue weighted by molar-refractivity contribution is 0.102. The second-order valence-corrected chi connectivity index (χ2v) is 8.93. The number of nitrogens with one attached hydrogen (secondary N) is 1. The lowest BCUT2D eigenvalue weighted by atomic mass is 10.1. The van der Waals surface area contributed by atoms with Crippen LogP contribution >= 0.6 is 0 Å². The molecule has 4 aromatic rings. The molecule has 0 spiro atoms. The van der Waals surface area contributed by atoms with E-state index in [2.05, 4.69) is 42.1 Å². The molecule has 0 radical (unpaired) electrons. The van der Waals surface area contributed by atoms with Crippen molar-refractivity contribution in [1.82, 2.24) is 24.8 Å². The number of rotatable bonds is 5. The van der Waals surface area contributed by atoms with E-state index >= 15 is 0 Å². The first-order chi connectivity index (χ1) is 17.0. The van der Waals surface area contributed by atoms with Crippen LogP contribution in [0.25, 0.3) is 22.0 Å². The van der Waals surface area contributed by atoms with E-state index in [1.54, 1.807) is 18.5 Å². The third-order valence-corrected chi connectivity index (χ3v) is 6.18. The predicted octanol–water partition coefficient (Wildman–Crippen LogP) is 3.16. The summed E-state index contributed by atoms with van der Waals surface area (Å²) in [5.41, 5.74) is 3.23. The molecule has 1 saturated heterocycles. The summed E-state index contributed by atoms with van der Waals surface area (Å²) in [5.74, 6) is 1.96. The van der Waals surface area contributed by atoms with Crippen molar-refractivity contribution in [2.45, 2.75) is 0 Å². The fraction of sp³-hybridized carbons (Fsp3) is 0.269. The van der Waals surface area contributed by atoms with Crippen LogP contribution in [-0.4, -0.2) is 78.1 Å². The fourth-order valence-corrected chi connectivity index (χ4v) is 4.04. The van der Waals surface area contributed by atoms with Gasteiger partial charge >= 0.3 is 0 Å². The number of nitrogens with zero attached hydrogens (tertiary/aromatic N) is 7. The van der Waals surface area contributed by atoms with Gasteiger partial charge in [0.05, 0.1) is 11.7 Å². The number of carbonyl (C=O) groups excluding carboxylic acids is 1. The molecular weight excluding hydrogens is 440 g/mol. The van der Waals surface area contributed by atoms with Gasteiger partial charge in [-0.15, -0.1) is 0 Å². The molecule has 0 saturated carbocycles. The van der Waals surface area contributed by atoms with E-state index in [-0.39, 0.29) is 5.91 Å². The second kappa shape index (κ2) is 9.63. The summed E-state index contributed by atoms with van der Waals surface area (Å²) >= 11 is 0. The number of piperazine rings is 1. The molecule has 5 rings (SSSR count). The first-order valence-electron chi connectivity index (χ1n) is 11.6. The molecule has 35 heavy (non-hydrogen) atoms. The van der Waals surface area contributed by atoms with Crippen LogP contribution in [0.1, 0.15) is 10.4 Å². The minimum absolute atomic E-state index is 0.220. The topological polar surface area (TPSA) is 90.4 Å². The Bertz CT molecular complexity index is 1350. The Labute approximate surface area is 204 Å². The molecule has 1 aliphatic rings. The number of aromatic nitrogens is 4. The molecule has 9 heteroatoms. The van der Waals surface area contributed by atoms with Crippen LogP contribution in [0.4, 0.5) is 17.5 Å². The summed E-state index contributed by atoms with van der Waals surface area (Å²) < 4.78 is 0. The predicted molar refractivity (Wildman–Crippen MR) is 139 cm³/mol. The monoisotopic (exact) mass is 468 g/mol. The average molecular weight is 469 g/mol. The van der Waals surface area contributed by atoms with Crippen LogP contribution in [0.15, 0.2) is 61.2 Å². The van der Waals surface area contributed by atoms with E-state index in [4.69, 9.17) is 0 Å². The molecule has 0 unspecified atom stereocenters. The standard InChI is InChI=1S/C26H28N8O/c1-32(2)24-5-4-19(15-30-24)21-12-20-13-23(29-17-22(20)28-16-21)31-26(35)18-6-7-27-25(14-18)34-10-8-33(3)9-11-34/h4-7,12-17H,8-11H2,1-3H3,(H,29,31,35). The largest absolute Gasteiger partial charge is 0.363 e. The van der Waals surface area contributed by atoms with Crippen molar-refractivity contribution < 1.29 is 4.79 Å². The smallest absolute Gasteiger partial charge is 0.257 e. The highest BCUT2D eigenvalue weighted by Crippen LogP contribution is 2.25. The SMILES string of the molecule is CN1CCN(c2cc(C(=O)Nc3cc4cc(-c5ccc(N(C)C)nc5)cnc4cn3)ccn2)CC1. The number of likely N-dealkylation sites (N-methyl/N-ethyl adjacent to an activating group) is 1. The van der Waals surface area contributed by atoms with Gasteiger partial charge in [0.2, 0.25) is 0 Å². The van der Waals surface area contributed by atoms with Crippen molar-refractivity contribution in [1.29, 1.82) is 0 Å². The lowest BCUT2D eigenvalue weighted by Gasteiger charge is -2.33.